The normalized spacial score (nSPS) is 11.2. The van der Waals surface area contributed by atoms with Crippen molar-refractivity contribution in [3.63, 3.8) is 0 Å². The molecule has 130 valence electrons. The third-order valence-corrected chi connectivity index (χ3v) is 5.67. The zero-order valence-electron chi connectivity index (χ0n) is 13.3. The fourth-order valence-corrected chi connectivity index (χ4v) is 4.53. The summed E-state index contributed by atoms with van der Waals surface area (Å²) < 4.78 is 2.82. The molecular weight excluding hydrogens is 391 g/mol. The molecule has 0 aliphatic carbocycles. The van der Waals surface area contributed by atoms with Gasteiger partial charge in [0.25, 0.3) is 0 Å². The fourth-order valence-electron chi connectivity index (χ4n) is 3.02. The molecule has 0 aliphatic rings. The first-order chi connectivity index (χ1) is 12.5. The molecule has 0 unspecified atom stereocenters. The molecule has 0 bridgehead atoms. The lowest BCUT2D eigenvalue weighted by Gasteiger charge is -2.12. The number of thiophene rings is 1. The number of aromatic carboxylic acids is 1. The highest BCUT2D eigenvalue weighted by Crippen LogP contribution is 2.34. The van der Waals surface area contributed by atoms with E-state index in [2.05, 4.69) is 4.98 Å². The highest BCUT2D eigenvalue weighted by atomic mass is 35.5. The van der Waals surface area contributed by atoms with E-state index >= 15 is 0 Å². The minimum absolute atomic E-state index is 0.200. The molecule has 0 fully saturated rings. The number of fused-ring (bicyclic) bond motifs is 1. The van der Waals surface area contributed by atoms with Gasteiger partial charge >= 0.3 is 5.97 Å². The molecule has 4 rings (SSSR count). The predicted octanol–water partition coefficient (Wildman–Crippen LogP) is 5.82. The minimum Gasteiger partial charge on any atom is -0.477 e. The Balaban J connectivity index is 1.87. The van der Waals surface area contributed by atoms with Gasteiger partial charge in [0.1, 0.15) is 5.69 Å². The molecule has 4 aromatic rings. The molecule has 1 aromatic carbocycles. The molecule has 3 heterocycles. The third kappa shape index (κ3) is 2.98. The van der Waals surface area contributed by atoms with Gasteiger partial charge in [-0.25, -0.2) is 4.79 Å². The summed E-state index contributed by atoms with van der Waals surface area (Å²) in [4.78, 5) is 15.8. The molecule has 0 saturated heterocycles. The van der Waals surface area contributed by atoms with Gasteiger partial charge in [-0.2, -0.15) is 0 Å². The maximum Gasteiger partial charge on any atom is 0.352 e. The Labute approximate surface area is 163 Å². The summed E-state index contributed by atoms with van der Waals surface area (Å²) in [5.41, 5.74) is 2.68. The van der Waals surface area contributed by atoms with Gasteiger partial charge in [-0.15, -0.1) is 11.3 Å². The van der Waals surface area contributed by atoms with Crippen molar-refractivity contribution in [1.82, 2.24) is 9.55 Å². The number of hydrogen-bond donors (Lipinski definition) is 1. The molecular formula is C19H12Cl2N2O2S. The predicted molar refractivity (Wildman–Crippen MR) is 106 cm³/mol. The first kappa shape index (κ1) is 17.1. The van der Waals surface area contributed by atoms with E-state index in [0.717, 1.165) is 26.9 Å². The lowest BCUT2D eigenvalue weighted by atomic mass is 10.1. The maximum absolute atomic E-state index is 11.7. The number of carboxylic acid groups (broad SMARTS) is 1. The molecule has 7 heteroatoms. The summed E-state index contributed by atoms with van der Waals surface area (Å²) in [6.07, 6.45) is 3.21. The van der Waals surface area contributed by atoms with Crippen molar-refractivity contribution in [1.29, 1.82) is 0 Å². The Kier molecular flexibility index (Phi) is 4.44. The van der Waals surface area contributed by atoms with Crippen molar-refractivity contribution >= 4 is 50.6 Å². The number of rotatable bonds is 4. The third-order valence-electron chi connectivity index (χ3n) is 4.15. The van der Waals surface area contributed by atoms with E-state index < -0.39 is 5.97 Å². The quantitative estimate of drug-likeness (QED) is 0.467. The topological polar surface area (TPSA) is 55.1 Å². The number of nitrogens with zero attached hydrogens (tertiary/aromatic N) is 2. The largest absolute Gasteiger partial charge is 0.477 e. The number of benzene rings is 1. The number of carbonyl (C=O) groups is 1. The molecule has 26 heavy (non-hydrogen) atoms. The first-order valence-corrected chi connectivity index (χ1v) is 9.36. The van der Waals surface area contributed by atoms with Crippen LogP contribution in [0.4, 0.5) is 0 Å². The zero-order chi connectivity index (χ0) is 18.3. The van der Waals surface area contributed by atoms with Crippen molar-refractivity contribution < 1.29 is 9.90 Å². The standard InChI is InChI=1S/C19H12Cl2N2O2S/c20-13-6-11(7-22-8-13)15-4-5-16(19(24)25)23(15)9-12-10-26-17-3-1-2-14(21)18(12)17/h1-8,10H,9H2,(H,24,25). The van der Waals surface area contributed by atoms with Gasteiger partial charge in [0.15, 0.2) is 0 Å². The second-order valence-electron chi connectivity index (χ2n) is 5.76. The van der Waals surface area contributed by atoms with Crippen molar-refractivity contribution in [3.8, 4) is 11.3 Å². The maximum atomic E-state index is 11.7. The van der Waals surface area contributed by atoms with Crippen LogP contribution in [-0.4, -0.2) is 20.6 Å². The van der Waals surface area contributed by atoms with Crippen LogP contribution in [0.2, 0.25) is 10.0 Å². The van der Waals surface area contributed by atoms with Gasteiger partial charge < -0.3 is 9.67 Å². The molecule has 0 spiro atoms. The second-order valence-corrected chi connectivity index (χ2v) is 7.52. The van der Waals surface area contributed by atoms with Crippen molar-refractivity contribution in [2.45, 2.75) is 6.54 Å². The van der Waals surface area contributed by atoms with Gasteiger partial charge in [-0.1, -0.05) is 29.3 Å². The fraction of sp³-hybridized carbons (Fsp3) is 0.0526. The van der Waals surface area contributed by atoms with Crippen LogP contribution in [-0.2, 0) is 6.54 Å². The summed E-state index contributed by atoms with van der Waals surface area (Å²) in [5.74, 6) is -0.989. The van der Waals surface area contributed by atoms with Crippen molar-refractivity contribution in [3.05, 3.63) is 75.5 Å². The lowest BCUT2D eigenvalue weighted by Crippen LogP contribution is -2.10. The number of hydrogen-bond acceptors (Lipinski definition) is 3. The lowest BCUT2D eigenvalue weighted by molar-refractivity contribution is 0.0686. The summed E-state index contributed by atoms with van der Waals surface area (Å²) in [5, 5.41) is 13.7. The summed E-state index contributed by atoms with van der Waals surface area (Å²) in [7, 11) is 0. The van der Waals surface area contributed by atoms with Crippen molar-refractivity contribution in [2.75, 3.05) is 0 Å². The summed E-state index contributed by atoms with van der Waals surface area (Å²) in [6.45, 7) is 0.389. The van der Waals surface area contributed by atoms with Gasteiger partial charge in [-0.3, -0.25) is 4.98 Å². The monoisotopic (exact) mass is 402 g/mol. The average Bonchev–Trinajstić information content (AvgIpc) is 3.21. The number of carboxylic acids is 1. The Morgan fingerprint density at radius 1 is 1.19 bits per heavy atom. The Morgan fingerprint density at radius 2 is 2.04 bits per heavy atom. The van der Waals surface area contributed by atoms with E-state index in [9.17, 15) is 9.90 Å². The Morgan fingerprint density at radius 3 is 2.81 bits per heavy atom. The van der Waals surface area contributed by atoms with Gasteiger partial charge in [-0.05, 0) is 41.3 Å². The van der Waals surface area contributed by atoms with Crippen LogP contribution in [0.25, 0.3) is 21.3 Å². The highest BCUT2D eigenvalue weighted by Gasteiger charge is 2.18. The van der Waals surface area contributed by atoms with Crippen molar-refractivity contribution in [2.24, 2.45) is 0 Å². The van der Waals surface area contributed by atoms with Crippen LogP contribution in [0.1, 0.15) is 16.1 Å². The summed E-state index contributed by atoms with van der Waals surface area (Å²) >= 11 is 14.0. The highest BCUT2D eigenvalue weighted by molar-refractivity contribution is 7.17. The molecule has 0 saturated carbocycles. The number of aromatic nitrogens is 2. The van der Waals surface area contributed by atoms with Crippen LogP contribution >= 0.6 is 34.5 Å². The van der Waals surface area contributed by atoms with E-state index in [1.165, 1.54) is 0 Å². The summed E-state index contributed by atoms with van der Waals surface area (Å²) in [6, 6.07) is 10.9. The van der Waals surface area contributed by atoms with E-state index in [-0.39, 0.29) is 5.69 Å². The molecule has 0 aliphatic heterocycles. The molecule has 0 amide bonds. The minimum atomic E-state index is -0.989. The first-order valence-electron chi connectivity index (χ1n) is 7.73. The molecule has 3 aromatic heterocycles. The van der Waals surface area contributed by atoms with Crippen LogP contribution in [0, 0.1) is 0 Å². The number of halogens is 2. The second kappa shape index (κ2) is 6.76. The van der Waals surface area contributed by atoms with Crippen LogP contribution < -0.4 is 0 Å². The zero-order valence-corrected chi connectivity index (χ0v) is 15.6. The van der Waals surface area contributed by atoms with Gasteiger partial charge in [0, 0.05) is 39.6 Å². The van der Waals surface area contributed by atoms with Gasteiger partial charge in [0.05, 0.1) is 10.7 Å². The SMILES string of the molecule is O=C(O)c1ccc(-c2cncc(Cl)c2)n1Cc1csc2cccc(Cl)c12. The number of pyridine rings is 1. The molecule has 4 nitrogen and oxygen atoms in total. The van der Waals surface area contributed by atoms with Gasteiger partial charge in [0.2, 0.25) is 0 Å². The average molecular weight is 403 g/mol. The molecule has 1 N–H and O–H groups in total. The van der Waals surface area contributed by atoms with E-state index in [1.807, 2.05) is 23.6 Å². The van der Waals surface area contributed by atoms with E-state index in [4.69, 9.17) is 23.2 Å². The van der Waals surface area contributed by atoms with Crippen LogP contribution in [0.3, 0.4) is 0 Å². The Hall–Kier alpha value is -2.34. The van der Waals surface area contributed by atoms with Crippen LogP contribution in [0.5, 0.6) is 0 Å². The van der Waals surface area contributed by atoms with E-state index in [0.29, 0.717) is 16.6 Å². The molecule has 0 atom stereocenters. The smallest absolute Gasteiger partial charge is 0.352 e. The Bertz CT molecular complexity index is 1130. The van der Waals surface area contributed by atoms with Crippen LogP contribution in [0.15, 0.2) is 54.2 Å². The molecule has 0 radical (unpaired) electrons. The van der Waals surface area contributed by atoms with E-state index in [1.54, 1.807) is 46.5 Å².